The number of likely N-dealkylation sites (tertiary alicyclic amines) is 1. The summed E-state index contributed by atoms with van der Waals surface area (Å²) in [5.41, 5.74) is 5.88. The number of nitrogens with zero attached hydrogens (tertiary/aromatic N) is 1. The largest absolute Gasteiger partial charge is 0.508 e. The molecular weight excluding hydrogens is 351 g/mol. The Morgan fingerprint density at radius 3 is 2.42 bits per heavy atom. The van der Waals surface area contributed by atoms with Gasteiger partial charge in [-0.05, 0) is 38.7 Å². The van der Waals surface area contributed by atoms with Crippen molar-refractivity contribution in [2.45, 2.75) is 44.8 Å². The van der Waals surface area contributed by atoms with Crippen LogP contribution in [0.3, 0.4) is 0 Å². The Hall–Kier alpha value is -1.01. The lowest BCUT2D eigenvalue weighted by Gasteiger charge is -2.36. The lowest BCUT2D eigenvalue weighted by molar-refractivity contribution is -0.136. The Kier molecular flexibility index (Phi) is 6.02. The highest BCUT2D eigenvalue weighted by Crippen LogP contribution is 2.37. The van der Waals surface area contributed by atoms with Crippen molar-refractivity contribution in [1.82, 2.24) is 4.90 Å². The molecule has 0 spiro atoms. The molecule has 1 aromatic carbocycles. The molecule has 2 rings (SSSR count). The van der Waals surface area contributed by atoms with Gasteiger partial charge in [0.1, 0.15) is 5.75 Å². The number of carbonyl (C=O) groups is 1. The van der Waals surface area contributed by atoms with Gasteiger partial charge in [-0.3, -0.25) is 4.79 Å². The molecule has 0 bridgehead atoms. The molecule has 0 radical (unpaired) electrons. The average Bonchev–Trinajstić information content (AvgIpc) is 2.49. The summed E-state index contributed by atoms with van der Waals surface area (Å²) in [6.07, 6.45) is 1.58. The van der Waals surface area contributed by atoms with Crippen LogP contribution in [0.15, 0.2) is 12.1 Å². The smallest absolute Gasteiger partial charge is 0.225 e. The lowest BCUT2D eigenvalue weighted by atomic mass is 9.85. The first-order chi connectivity index (χ1) is 11.1. The van der Waals surface area contributed by atoms with Crippen molar-refractivity contribution in [1.29, 1.82) is 0 Å². The van der Waals surface area contributed by atoms with Crippen LogP contribution in [0.1, 0.15) is 44.7 Å². The van der Waals surface area contributed by atoms with Crippen LogP contribution in [-0.4, -0.2) is 39.7 Å². The number of benzene rings is 1. The molecule has 0 saturated carbocycles. The van der Waals surface area contributed by atoms with Gasteiger partial charge in [-0.25, -0.2) is 0 Å². The zero-order chi connectivity index (χ0) is 18.1. The topological polar surface area (TPSA) is 86.8 Å². The van der Waals surface area contributed by atoms with E-state index in [1.807, 2.05) is 0 Å². The number of hydrogen-bond donors (Lipinski definition) is 3. The molecule has 1 aromatic rings. The molecule has 4 N–H and O–H groups in total. The fraction of sp³-hybridized carbons (Fsp3) is 0.588. The maximum Gasteiger partial charge on any atom is 0.225 e. The van der Waals surface area contributed by atoms with E-state index in [1.165, 1.54) is 6.07 Å². The molecule has 1 aliphatic heterocycles. The molecule has 24 heavy (non-hydrogen) atoms. The maximum absolute atomic E-state index is 12.2. The van der Waals surface area contributed by atoms with Crippen LogP contribution in [-0.2, 0) is 4.79 Å². The molecule has 1 aliphatic rings. The summed E-state index contributed by atoms with van der Waals surface area (Å²) < 4.78 is 0. The molecule has 1 fully saturated rings. The van der Waals surface area contributed by atoms with Crippen LogP contribution in [0.2, 0.25) is 10.0 Å². The van der Waals surface area contributed by atoms with Gasteiger partial charge in [0, 0.05) is 30.8 Å². The third-order valence-electron chi connectivity index (χ3n) is 4.41. The Morgan fingerprint density at radius 1 is 1.33 bits per heavy atom. The summed E-state index contributed by atoms with van der Waals surface area (Å²) in [4.78, 5) is 13.9. The number of phenolic OH excluding ortho intramolecular Hbond substituents is 1. The van der Waals surface area contributed by atoms with Gasteiger partial charge in [0.15, 0.2) is 0 Å². The zero-order valence-corrected chi connectivity index (χ0v) is 15.4. The molecule has 1 atom stereocenters. The number of aliphatic hydroxyl groups is 1. The van der Waals surface area contributed by atoms with Crippen LogP contribution in [0.4, 0.5) is 0 Å². The van der Waals surface area contributed by atoms with E-state index in [0.29, 0.717) is 23.7 Å². The number of amides is 1. The first-order valence-corrected chi connectivity index (χ1v) is 8.77. The molecule has 0 aliphatic carbocycles. The number of phenols is 1. The quantitative estimate of drug-likeness (QED) is 0.755. The highest BCUT2D eigenvalue weighted by molar-refractivity contribution is 6.42. The summed E-state index contributed by atoms with van der Waals surface area (Å²) in [5.74, 6) is 0.128. The van der Waals surface area contributed by atoms with Crippen molar-refractivity contribution in [3.05, 3.63) is 27.7 Å². The predicted molar refractivity (Wildman–Crippen MR) is 95.3 cm³/mol. The molecule has 1 amide bonds. The molecule has 5 nitrogen and oxygen atoms in total. The average molecular weight is 375 g/mol. The van der Waals surface area contributed by atoms with E-state index >= 15 is 0 Å². The van der Waals surface area contributed by atoms with Crippen molar-refractivity contribution < 1.29 is 15.0 Å². The van der Waals surface area contributed by atoms with Gasteiger partial charge in [-0.2, -0.15) is 0 Å². The number of nitrogens with two attached hydrogens (primary N) is 1. The van der Waals surface area contributed by atoms with E-state index in [0.717, 1.165) is 12.8 Å². The minimum Gasteiger partial charge on any atom is -0.508 e. The van der Waals surface area contributed by atoms with E-state index in [1.54, 1.807) is 24.8 Å². The van der Waals surface area contributed by atoms with Gasteiger partial charge in [0.05, 0.1) is 22.1 Å². The number of carbonyl (C=O) groups excluding carboxylic acids is 1. The summed E-state index contributed by atoms with van der Waals surface area (Å²) in [7, 11) is 0. The lowest BCUT2D eigenvalue weighted by Crippen LogP contribution is -2.43. The normalized spacial score (nSPS) is 17.8. The molecule has 7 heteroatoms. The molecule has 134 valence electrons. The second-order valence-electron chi connectivity index (χ2n) is 7.06. The molecule has 1 unspecified atom stereocenters. The standard InChI is InChI=1S/C17H24Cl2N2O3/c1-17(2,24)9-15(23)21-5-3-10(4-6-21)16(20)11-7-12(18)13(19)8-14(11)22/h7-8,10,16,22,24H,3-6,9,20H2,1-2H3. The van der Waals surface area contributed by atoms with E-state index in [2.05, 4.69) is 0 Å². The highest BCUT2D eigenvalue weighted by atomic mass is 35.5. The van der Waals surface area contributed by atoms with Crippen LogP contribution in [0.25, 0.3) is 0 Å². The number of rotatable bonds is 4. The highest BCUT2D eigenvalue weighted by Gasteiger charge is 2.30. The van der Waals surface area contributed by atoms with E-state index in [9.17, 15) is 15.0 Å². The van der Waals surface area contributed by atoms with Gasteiger partial charge < -0.3 is 20.8 Å². The molecule has 1 saturated heterocycles. The molecule has 1 heterocycles. The summed E-state index contributed by atoms with van der Waals surface area (Å²) in [5, 5.41) is 20.5. The molecule has 0 aromatic heterocycles. The van der Waals surface area contributed by atoms with E-state index in [4.69, 9.17) is 28.9 Å². The Balaban J connectivity index is 1.99. The van der Waals surface area contributed by atoms with Gasteiger partial charge in [0.2, 0.25) is 5.91 Å². The number of hydrogen-bond acceptors (Lipinski definition) is 4. The van der Waals surface area contributed by atoms with Crippen molar-refractivity contribution in [2.75, 3.05) is 13.1 Å². The first kappa shape index (κ1) is 19.3. The number of aromatic hydroxyl groups is 1. The third kappa shape index (κ3) is 4.76. The number of halogens is 2. The second-order valence-corrected chi connectivity index (χ2v) is 7.87. The number of piperidine rings is 1. The minimum atomic E-state index is -1.00. The second kappa shape index (κ2) is 7.48. The zero-order valence-electron chi connectivity index (χ0n) is 13.9. The Morgan fingerprint density at radius 2 is 1.88 bits per heavy atom. The SMILES string of the molecule is CC(C)(O)CC(=O)N1CCC(C(N)c2cc(Cl)c(Cl)cc2O)CC1. The van der Waals surface area contributed by atoms with Crippen LogP contribution in [0.5, 0.6) is 5.75 Å². The van der Waals surface area contributed by atoms with Crippen molar-refractivity contribution in [2.24, 2.45) is 11.7 Å². The van der Waals surface area contributed by atoms with Crippen LogP contribution < -0.4 is 5.73 Å². The fourth-order valence-electron chi connectivity index (χ4n) is 3.06. The third-order valence-corrected chi connectivity index (χ3v) is 5.13. The van der Waals surface area contributed by atoms with E-state index < -0.39 is 5.60 Å². The monoisotopic (exact) mass is 374 g/mol. The molecular formula is C17H24Cl2N2O3. The van der Waals surface area contributed by atoms with E-state index in [-0.39, 0.29) is 35.1 Å². The van der Waals surface area contributed by atoms with Crippen molar-refractivity contribution in [3.8, 4) is 5.75 Å². The van der Waals surface area contributed by atoms with Crippen molar-refractivity contribution in [3.63, 3.8) is 0 Å². The summed E-state index contributed by atoms with van der Waals surface area (Å²) in [6.45, 7) is 4.44. The summed E-state index contributed by atoms with van der Waals surface area (Å²) in [6, 6.07) is 2.64. The van der Waals surface area contributed by atoms with Gasteiger partial charge in [-0.15, -0.1) is 0 Å². The Labute approximate surface area is 152 Å². The van der Waals surface area contributed by atoms with Gasteiger partial charge >= 0.3 is 0 Å². The minimum absolute atomic E-state index is 0.0393. The fourth-order valence-corrected chi connectivity index (χ4v) is 3.39. The van der Waals surface area contributed by atoms with Gasteiger partial charge in [0.25, 0.3) is 0 Å². The first-order valence-electron chi connectivity index (χ1n) is 8.02. The van der Waals surface area contributed by atoms with Gasteiger partial charge in [-0.1, -0.05) is 23.2 Å². The van der Waals surface area contributed by atoms with Crippen LogP contribution in [0, 0.1) is 5.92 Å². The Bertz CT molecular complexity index is 609. The van der Waals surface area contributed by atoms with Crippen LogP contribution >= 0.6 is 23.2 Å². The summed E-state index contributed by atoms with van der Waals surface area (Å²) >= 11 is 11.9. The maximum atomic E-state index is 12.2. The van der Waals surface area contributed by atoms with Crippen molar-refractivity contribution >= 4 is 29.1 Å². The predicted octanol–water partition coefficient (Wildman–Crippen LogP) is 3.10.